The summed E-state index contributed by atoms with van der Waals surface area (Å²) < 4.78 is 0. The molecule has 0 radical (unpaired) electrons. The first-order valence-electron chi connectivity index (χ1n) is 5.02. The monoisotopic (exact) mass is 288 g/mol. The van der Waals surface area contributed by atoms with Gasteiger partial charge in [0.1, 0.15) is 4.88 Å². The number of carbonyl (C=O) groups excluding carboxylic acids is 1. The Kier molecular flexibility index (Phi) is 3.41. The molecule has 0 aliphatic carbocycles. The van der Waals surface area contributed by atoms with Crippen molar-refractivity contribution < 1.29 is 4.79 Å². The summed E-state index contributed by atoms with van der Waals surface area (Å²) in [6, 6.07) is 0. The molecule has 1 saturated heterocycles. The molecule has 0 N–H and O–H groups in total. The highest BCUT2D eigenvalue weighted by Gasteiger charge is 2.23. The molecule has 0 bridgehead atoms. The number of thiazole rings is 1. The standard InChI is InChI=1S/C10H13BrN2OS/c1-7-12-5-9(15-7)10(14)13-4-2-3-8(11)6-13/h5,8H,2-4,6H2,1H3. The lowest BCUT2D eigenvalue weighted by atomic mass is 10.1. The van der Waals surface area contributed by atoms with Crippen LogP contribution in [0.25, 0.3) is 0 Å². The number of nitrogens with zero attached hydrogens (tertiary/aromatic N) is 2. The smallest absolute Gasteiger partial charge is 0.265 e. The van der Waals surface area contributed by atoms with Crippen molar-refractivity contribution in [2.24, 2.45) is 0 Å². The van der Waals surface area contributed by atoms with Gasteiger partial charge in [0.15, 0.2) is 0 Å². The van der Waals surface area contributed by atoms with Crippen LogP contribution in [0.15, 0.2) is 6.20 Å². The molecule has 1 aromatic heterocycles. The second-order valence-corrected chi connectivity index (χ2v) is 6.26. The molecule has 2 heterocycles. The maximum Gasteiger partial charge on any atom is 0.265 e. The Labute approximate surface area is 102 Å². The molecule has 5 heteroatoms. The molecule has 82 valence electrons. The van der Waals surface area contributed by atoms with Gasteiger partial charge >= 0.3 is 0 Å². The number of amides is 1. The van der Waals surface area contributed by atoms with Gasteiger partial charge in [-0.3, -0.25) is 4.79 Å². The van der Waals surface area contributed by atoms with E-state index in [1.807, 2.05) is 11.8 Å². The fourth-order valence-electron chi connectivity index (χ4n) is 1.73. The average Bonchev–Trinajstić information content (AvgIpc) is 2.64. The van der Waals surface area contributed by atoms with E-state index in [1.165, 1.54) is 11.3 Å². The van der Waals surface area contributed by atoms with Crippen molar-refractivity contribution in [3.05, 3.63) is 16.1 Å². The first-order valence-corrected chi connectivity index (χ1v) is 6.76. The Morgan fingerprint density at radius 2 is 2.53 bits per heavy atom. The van der Waals surface area contributed by atoms with Gasteiger partial charge in [-0.05, 0) is 19.8 Å². The molecule has 0 saturated carbocycles. The second kappa shape index (κ2) is 4.61. The molecule has 0 aromatic carbocycles. The Morgan fingerprint density at radius 3 is 3.13 bits per heavy atom. The van der Waals surface area contributed by atoms with Crippen LogP contribution >= 0.6 is 27.3 Å². The van der Waals surface area contributed by atoms with Gasteiger partial charge < -0.3 is 4.90 Å². The van der Waals surface area contributed by atoms with Gasteiger partial charge in [-0.1, -0.05) is 15.9 Å². The van der Waals surface area contributed by atoms with E-state index in [0.717, 1.165) is 35.8 Å². The zero-order valence-electron chi connectivity index (χ0n) is 8.57. The predicted molar refractivity (Wildman–Crippen MR) is 64.7 cm³/mol. The third-order valence-electron chi connectivity index (χ3n) is 2.48. The zero-order valence-corrected chi connectivity index (χ0v) is 11.0. The van der Waals surface area contributed by atoms with Crippen LogP contribution < -0.4 is 0 Å². The molecule has 0 spiro atoms. The molecule has 1 aliphatic heterocycles. The molecule has 15 heavy (non-hydrogen) atoms. The van der Waals surface area contributed by atoms with E-state index in [4.69, 9.17) is 0 Å². The van der Waals surface area contributed by atoms with Gasteiger partial charge in [-0.25, -0.2) is 4.98 Å². The van der Waals surface area contributed by atoms with E-state index in [9.17, 15) is 4.79 Å². The van der Waals surface area contributed by atoms with Crippen LogP contribution in [-0.4, -0.2) is 33.7 Å². The lowest BCUT2D eigenvalue weighted by molar-refractivity contribution is 0.0734. The van der Waals surface area contributed by atoms with E-state index >= 15 is 0 Å². The number of likely N-dealkylation sites (tertiary alicyclic amines) is 1. The molecule has 1 atom stereocenters. The number of piperidine rings is 1. The third kappa shape index (κ3) is 2.58. The predicted octanol–water partition coefficient (Wildman–Crippen LogP) is 2.45. The van der Waals surface area contributed by atoms with Crippen molar-refractivity contribution in [1.29, 1.82) is 0 Å². The van der Waals surface area contributed by atoms with Crippen LogP contribution in [0.2, 0.25) is 0 Å². The first-order chi connectivity index (χ1) is 7.16. The summed E-state index contributed by atoms with van der Waals surface area (Å²) in [6.45, 7) is 3.61. The van der Waals surface area contributed by atoms with Crippen molar-refractivity contribution in [2.75, 3.05) is 13.1 Å². The summed E-state index contributed by atoms with van der Waals surface area (Å²) in [5.74, 6) is 0.129. The van der Waals surface area contributed by atoms with Crippen LogP contribution in [0.1, 0.15) is 27.5 Å². The molecule has 1 fully saturated rings. The van der Waals surface area contributed by atoms with Crippen LogP contribution in [-0.2, 0) is 0 Å². The summed E-state index contributed by atoms with van der Waals surface area (Å²) in [4.78, 5) is 19.3. The normalized spacial score (nSPS) is 21.7. The van der Waals surface area contributed by atoms with Crippen molar-refractivity contribution in [2.45, 2.75) is 24.6 Å². The van der Waals surface area contributed by atoms with Crippen molar-refractivity contribution >= 4 is 33.2 Å². The number of hydrogen-bond acceptors (Lipinski definition) is 3. The molecule has 1 unspecified atom stereocenters. The van der Waals surface area contributed by atoms with Crippen LogP contribution in [0, 0.1) is 6.92 Å². The van der Waals surface area contributed by atoms with E-state index in [-0.39, 0.29) is 5.91 Å². The highest BCUT2D eigenvalue weighted by atomic mass is 79.9. The van der Waals surface area contributed by atoms with Gasteiger partial charge in [0.05, 0.1) is 11.2 Å². The Hall–Kier alpha value is -0.420. The highest BCUT2D eigenvalue weighted by molar-refractivity contribution is 9.09. The first kappa shape index (κ1) is 11.1. The number of aromatic nitrogens is 1. The summed E-state index contributed by atoms with van der Waals surface area (Å²) in [7, 11) is 0. The lowest BCUT2D eigenvalue weighted by Gasteiger charge is -2.29. The van der Waals surface area contributed by atoms with E-state index in [1.54, 1.807) is 6.20 Å². The van der Waals surface area contributed by atoms with Crippen LogP contribution in [0.5, 0.6) is 0 Å². The van der Waals surface area contributed by atoms with Gasteiger partial charge in [-0.2, -0.15) is 0 Å². The van der Waals surface area contributed by atoms with Gasteiger partial charge in [0.25, 0.3) is 5.91 Å². The minimum atomic E-state index is 0.129. The molecule has 2 rings (SSSR count). The second-order valence-electron chi connectivity index (χ2n) is 3.73. The number of carbonyl (C=O) groups is 1. The topological polar surface area (TPSA) is 33.2 Å². The maximum atomic E-state index is 12.0. The number of alkyl halides is 1. The Balaban J connectivity index is 2.07. The van der Waals surface area contributed by atoms with Crippen LogP contribution in [0.4, 0.5) is 0 Å². The van der Waals surface area contributed by atoms with Gasteiger partial charge in [0, 0.05) is 17.9 Å². The summed E-state index contributed by atoms with van der Waals surface area (Å²) in [5.41, 5.74) is 0. The minimum absolute atomic E-state index is 0.129. The molecule has 1 aromatic rings. The molecular formula is C10H13BrN2OS. The number of aryl methyl sites for hydroxylation is 1. The van der Waals surface area contributed by atoms with Gasteiger partial charge in [-0.15, -0.1) is 11.3 Å². The third-order valence-corrected chi connectivity index (χ3v) is 4.13. The summed E-state index contributed by atoms with van der Waals surface area (Å²) >= 11 is 5.04. The van der Waals surface area contributed by atoms with E-state index < -0.39 is 0 Å². The quantitative estimate of drug-likeness (QED) is 0.744. The van der Waals surface area contributed by atoms with Crippen LogP contribution in [0.3, 0.4) is 0 Å². The minimum Gasteiger partial charge on any atom is -0.337 e. The maximum absolute atomic E-state index is 12.0. The summed E-state index contributed by atoms with van der Waals surface area (Å²) in [6.07, 6.45) is 3.92. The van der Waals surface area contributed by atoms with E-state index in [0.29, 0.717) is 4.83 Å². The molecule has 3 nitrogen and oxygen atoms in total. The van der Waals surface area contributed by atoms with Crippen molar-refractivity contribution in [3.8, 4) is 0 Å². The Bertz CT molecular complexity index is 366. The summed E-state index contributed by atoms with van der Waals surface area (Å²) in [5, 5.41) is 0.950. The zero-order chi connectivity index (χ0) is 10.8. The molecule has 1 aliphatic rings. The fourth-order valence-corrected chi connectivity index (χ4v) is 3.14. The van der Waals surface area contributed by atoms with Crippen molar-refractivity contribution in [3.63, 3.8) is 0 Å². The number of hydrogen-bond donors (Lipinski definition) is 0. The largest absolute Gasteiger partial charge is 0.337 e. The van der Waals surface area contributed by atoms with Gasteiger partial charge in [0.2, 0.25) is 0 Å². The number of halogens is 1. The SMILES string of the molecule is Cc1ncc(C(=O)N2CCCC(Br)C2)s1. The Morgan fingerprint density at radius 1 is 1.73 bits per heavy atom. The highest BCUT2D eigenvalue weighted by Crippen LogP contribution is 2.21. The fraction of sp³-hybridized carbons (Fsp3) is 0.600. The van der Waals surface area contributed by atoms with E-state index in [2.05, 4.69) is 20.9 Å². The average molecular weight is 289 g/mol. The van der Waals surface area contributed by atoms with Crippen molar-refractivity contribution in [1.82, 2.24) is 9.88 Å². The lowest BCUT2D eigenvalue weighted by Crippen LogP contribution is -2.39. The molecule has 1 amide bonds. The number of rotatable bonds is 1. The molecular weight excluding hydrogens is 276 g/mol.